The number of carbonyl (C=O) groups is 2. The standard InChI is InChI=1S/C14H22N2O3S/c1-5-10(11-7-6-8-20-11)15-13(19)16(9-12(17)18)14(2,3)4/h6-8,10H,5,9H2,1-4H3,(H,15,19)(H,17,18). The van der Waals surface area contributed by atoms with Gasteiger partial charge < -0.3 is 15.3 Å². The van der Waals surface area contributed by atoms with E-state index in [0.29, 0.717) is 0 Å². The van der Waals surface area contributed by atoms with E-state index in [9.17, 15) is 9.59 Å². The van der Waals surface area contributed by atoms with E-state index in [1.54, 1.807) is 11.3 Å². The molecule has 0 radical (unpaired) electrons. The van der Waals surface area contributed by atoms with Crippen molar-refractivity contribution in [1.82, 2.24) is 10.2 Å². The van der Waals surface area contributed by atoms with E-state index in [0.717, 1.165) is 11.3 Å². The van der Waals surface area contributed by atoms with Crippen molar-refractivity contribution < 1.29 is 14.7 Å². The summed E-state index contributed by atoms with van der Waals surface area (Å²) in [5.41, 5.74) is -0.545. The molecule has 2 amide bonds. The maximum Gasteiger partial charge on any atom is 0.323 e. The third kappa shape index (κ3) is 4.52. The van der Waals surface area contributed by atoms with Crippen LogP contribution in [0.15, 0.2) is 17.5 Å². The highest BCUT2D eigenvalue weighted by Crippen LogP contribution is 2.23. The maximum absolute atomic E-state index is 12.3. The Morgan fingerprint density at radius 2 is 2.10 bits per heavy atom. The number of urea groups is 1. The van der Waals surface area contributed by atoms with E-state index in [1.807, 2.05) is 45.2 Å². The number of carboxylic acids is 1. The summed E-state index contributed by atoms with van der Waals surface area (Å²) < 4.78 is 0. The van der Waals surface area contributed by atoms with Gasteiger partial charge in [0.2, 0.25) is 0 Å². The van der Waals surface area contributed by atoms with Crippen LogP contribution in [0, 0.1) is 0 Å². The Hall–Kier alpha value is -1.56. The lowest BCUT2D eigenvalue weighted by atomic mass is 10.1. The van der Waals surface area contributed by atoms with Gasteiger partial charge in [-0.05, 0) is 38.6 Å². The first-order chi connectivity index (χ1) is 9.25. The van der Waals surface area contributed by atoms with Crippen molar-refractivity contribution in [3.05, 3.63) is 22.4 Å². The Labute approximate surface area is 123 Å². The van der Waals surface area contributed by atoms with Crippen molar-refractivity contribution in [3.63, 3.8) is 0 Å². The second-order valence-electron chi connectivity index (χ2n) is 5.58. The molecule has 1 atom stereocenters. The van der Waals surface area contributed by atoms with Gasteiger partial charge >= 0.3 is 12.0 Å². The number of hydrogen-bond acceptors (Lipinski definition) is 3. The van der Waals surface area contributed by atoms with E-state index < -0.39 is 11.5 Å². The van der Waals surface area contributed by atoms with E-state index in [4.69, 9.17) is 5.11 Å². The van der Waals surface area contributed by atoms with Gasteiger partial charge in [-0.2, -0.15) is 0 Å². The molecule has 20 heavy (non-hydrogen) atoms. The molecule has 112 valence electrons. The van der Waals surface area contributed by atoms with Crippen LogP contribution in [-0.4, -0.2) is 34.1 Å². The summed E-state index contributed by atoms with van der Waals surface area (Å²) in [6.45, 7) is 7.14. The fraction of sp³-hybridized carbons (Fsp3) is 0.571. The Kier molecular flexibility index (Phi) is 5.56. The normalized spacial score (nSPS) is 12.8. The highest BCUT2D eigenvalue weighted by molar-refractivity contribution is 7.10. The Morgan fingerprint density at radius 3 is 2.50 bits per heavy atom. The predicted molar refractivity (Wildman–Crippen MR) is 80.0 cm³/mol. The fourth-order valence-corrected chi connectivity index (χ4v) is 2.70. The summed E-state index contributed by atoms with van der Waals surface area (Å²) in [6.07, 6.45) is 0.761. The van der Waals surface area contributed by atoms with Crippen LogP contribution in [0.1, 0.15) is 45.0 Å². The quantitative estimate of drug-likeness (QED) is 0.877. The molecule has 1 rings (SSSR count). The average molecular weight is 298 g/mol. The van der Waals surface area contributed by atoms with Gasteiger partial charge in [0.1, 0.15) is 6.54 Å². The minimum atomic E-state index is -1.01. The molecule has 5 nitrogen and oxygen atoms in total. The van der Waals surface area contributed by atoms with Gasteiger partial charge in [-0.3, -0.25) is 4.79 Å². The molecular formula is C14H22N2O3S. The molecule has 0 bridgehead atoms. The number of aliphatic carboxylic acids is 1. The van der Waals surface area contributed by atoms with Gasteiger partial charge in [-0.25, -0.2) is 4.79 Å². The summed E-state index contributed by atoms with van der Waals surface area (Å²) in [7, 11) is 0. The van der Waals surface area contributed by atoms with Crippen LogP contribution < -0.4 is 5.32 Å². The number of thiophene rings is 1. The molecule has 0 saturated heterocycles. The second-order valence-corrected chi connectivity index (χ2v) is 6.56. The molecule has 1 heterocycles. The largest absolute Gasteiger partial charge is 0.480 e. The first-order valence-electron chi connectivity index (χ1n) is 6.59. The highest BCUT2D eigenvalue weighted by Gasteiger charge is 2.29. The van der Waals surface area contributed by atoms with Crippen molar-refractivity contribution in [3.8, 4) is 0 Å². The predicted octanol–water partition coefficient (Wildman–Crippen LogP) is 3.09. The molecule has 6 heteroatoms. The van der Waals surface area contributed by atoms with E-state index in [2.05, 4.69) is 5.32 Å². The van der Waals surface area contributed by atoms with Crippen LogP contribution in [0.25, 0.3) is 0 Å². The molecule has 0 aliphatic rings. The zero-order chi connectivity index (χ0) is 15.3. The molecule has 0 saturated carbocycles. The molecule has 0 fully saturated rings. The van der Waals surface area contributed by atoms with Gasteiger partial charge in [0, 0.05) is 10.4 Å². The molecule has 1 aromatic heterocycles. The molecule has 0 aliphatic heterocycles. The average Bonchev–Trinajstić information content (AvgIpc) is 2.84. The van der Waals surface area contributed by atoms with Crippen LogP contribution in [0.2, 0.25) is 0 Å². The van der Waals surface area contributed by atoms with Gasteiger partial charge in [0.15, 0.2) is 0 Å². The van der Waals surface area contributed by atoms with Gasteiger partial charge in [-0.1, -0.05) is 13.0 Å². The molecule has 0 aromatic carbocycles. The molecule has 1 aromatic rings. The van der Waals surface area contributed by atoms with Crippen LogP contribution in [0.5, 0.6) is 0 Å². The molecule has 1 unspecified atom stereocenters. The zero-order valence-electron chi connectivity index (χ0n) is 12.3. The summed E-state index contributed by atoms with van der Waals surface area (Å²) in [5, 5.41) is 13.8. The first-order valence-corrected chi connectivity index (χ1v) is 7.47. The number of carboxylic acid groups (broad SMARTS) is 1. The topological polar surface area (TPSA) is 69.6 Å². The number of nitrogens with zero attached hydrogens (tertiary/aromatic N) is 1. The smallest absolute Gasteiger partial charge is 0.323 e. The van der Waals surface area contributed by atoms with E-state index in [-0.39, 0.29) is 18.6 Å². The third-order valence-corrected chi connectivity index (χ3v) is 3.93. The molecular weight excluding hydrogens is 276 g/mol. The lowest BCUT2D eigenvalue weighted by Gasteiger charge is -2.35. The van der Waals surface area contributed by atoms with Gasteiger partial charge in [-0.15, -0.1) is 11.3 Å². The van der Waals surface area contributed by atoms with Crippen molar-refractivity contribution in [2.24, 2.45) is 0 Å². The van der Waals surface area contributed by atoms with E-state index >= 15 is 0 Å². The van der Waals surface area contributed by atoms with Crippen LogP contribution in [0.4, 0.5) is 4.79 Å². The minimum Gasteiger partial charge on any atom is -0.480 e. The number of rotatable bonds is 5. The number of nitrogens with one attached hydrogen (secondary N) is 1. The number of carbonyl (C=O) groups excluding carboxylic acids is 1. The second kappa shape index (κ2) is 6.74. The summed E-state index contributed by atoms with van der Waals surface area (Å²) in [4.78, 5) is 25.7. The van der Waals surface area contributed by atoms with Crippen LogP contribution in [-0.2, 0) is 4.79 Å². The monoisotopic (exact) mass is 298 g/mol. The first kappa shape index (κ1) is 16.5. The highest BCUT2D eigenvalue weighted by atomic mass is 32.1. The Morgan fingerprint density at radius 1 is 1.45 bits per heavy atom. The third-order valence-electron chi connectivity index (χ3n) is 2.94. The summed E-state index contributed by atoms with van der Waals surface area (Å²) in [6, 6.07) is 3.48. The molecule has 2 N–H and O–H groups in total. The fourth-order valence-electron chi connectivity index (χ4n) is 1.84. The molecule has 0 spiro atoms. The Bertz CT molecular complexity index is 451. The lowest BCUT2D eigenvalue weighted by Crippen LogP contribution is -2.52. The zero-order valence-corrected chi connectivity index (χ0v) is 13.2. The van der Waals surface area contributed by atoms with Crippen LogP contribution in [0.3, 0.4) is 0 Å². The minimum absolute atomic E-state index is 0.0823. The Balaban J connectivity index is 2.82. The van der Waals surface area contributed by atoms with Crippen LogP contribution >= 0.6 is 11.3 Å². The molecule has 0 aliphatic carbocycles. The summed E-state index contributed by atoms with van der Waals surface area (Å²) >= 11 is 1.58. The maximum atomic E-state index is 12.3. The van der Waals surface area contributed by atoms with Gasteiger partial charge in [0.05, 0.1) is 6.04 Å². The van der Waals surface area contributed by atoms with Crippen molar-refractivity contribution in [2.75, 3.05) is 6.54 Å². The van der Waals surface area contributed by atoms with Gasteiger partial charge in [0.25, 0.3) is 0 Å². The van der Waals surface area contributed by atoms with Crippen molar-refractivity contribution >= 4 is 23.3 Å². The SMILES string of the molecule is CCC(NC(=O)N(CC(=O)O)C(C)(C)C)c1cccs1. The number of hydrogen-bond donors (Lipinski definition) is 2. The van der Waals surface area contributed by atoms with Crippen molar-refractivity contribution in [2.45, 2.75) is 45.7 Å². The van der Waals surface area contributed by atoms with Crippen molar-refractivity contribution in [1.29, 1.82) is 0 Å². The van der Waals surface area contributed by atoms with E-state index in [1.165, 1.54) is 4.90 Å². The summed E-state index contributed by atoms with van der Waals surface area (Å²) in [5.74, 6) is -1.01. The number of amides is 2. The lowest BCUT2D eigenvalue weighted by molar-refractivity contribution is -0.138.